The molecule has 0 saturated heterocycles. The van der Waals surface area contributed by atoms with Gasteiger partial charge in [0.1, 0.15) is 16.8 Å². The molecule has 0 bridgehead atoms. The van der Waals surface area contributed by atoms with Crippen LogP contribution in [0.4, 0.5) is 8.78 Å². The maximum atomic E-state index is 13.5. The van der Waals surface area contributed by atoms with E-state index in [0.29, 0.717) is 10.6 Å². The summed E-state index contributed by atoms with van der Waals surface area (Å²) in [5, 5.41) is 3.77. The Morgan fingerprint density at radius 3 is 2.48 bits per heavy atom. The highest BCUT2D eigenvalue weighted by atomic mass is 32.2. The number of thiophene rings is 1. The molecular formula is C24H26F2N2O3S2. The van der Waals surface area contributed by atoms with Crippen molar-refractivity contribution in [2.45, 2.75) is 61.8 Å². The molecule has 1 aliphatic rings. The number of alkyl halides is 2. The number of aromatic nitrogens is 1. The number of esters is 1. The first-order valence-electron chi connectivity index (χ1n) is 10.6. The van der Waals surface area contributed by atoms with Gasteiger partial charge in [0.25, 0.3) is 0 Å². The molecule has 0 aliphatic heterocycles. The Morgan fingerprint density at radius 2 is 1.88 bits per heavy atom. The number of nitrogens with one attached hydrogen (secondary N) is 1. The molecule has 2 heterocycles. The van der Waals surface area contributed by atoms with Crippen molar-refractivity contribution < 1.29 is 22.8 Å². The summed E-state index contributed by atoms with van der Waals surface area (Å²) >= 11 is 2.72. The van der Waals surface area contributed by atoms with Crippen LogP contribution in [0.3, 0.4) is 0 Å². The van der Waals surface area contributed by atoms with Gasteiger partial charge in [-0.15, -0.1) is 11.3 Å². The third-order valence-corrected chi connectivity index (χ3v) is 7.77. The standard InChI is InChI=1S/C24H26F2N2O3S2/c1-14-20(15-9-7-6-8-10-15)24(14,21(29)30-22(2,3)4)28-33-19-12-11-17(32-19)16-13-18(31-27-16)23(5,25)26/h6-14,20,28H,1-5H3/t14?,20-,24+/m1/s1. The van der Waals surface area contributed by atoms with Crippen LogP contribution in [0.5, 0.6) is 0 Å². The van der Waals surface area contributed by atoms with Crippen LogP contribution in [0.15, 0.2) is 57.3 Å². The largest absolute Gasteiger partial charge is 0.459 e. The molecule has 176 valence electrons. The monoisotopic (exact) mass is 492 g/mol. The van der Waals surface area contributed by atoms with Crippen molar-refractivity contribution >= 4 is 29.3 Å². The van der Waals surface area contributed by atoms with Crippen LogP contribution < -0.4 is 4.72 Å². The Bertz CT molecular complexity index is 1130. The van der Waals surface area contributed by atoms with Gasteiger partial charge in [0.2, 0.25) is 5.76 Å². The summed E-state index contributed by atoms with van der Waals surface area (Å²) in [4.78, 5) is 14.0. The van der Waals surface area contributed by atoms with E-state index in [1.165, 1.54) is 29.4 Å². The van der Waals surface area contributed by atoms with E-state index in [1.807, 2.05) is 64.1 Å². The fourth-order valence-electron chi connectivity index (χ4n) is 3.89. The summed E-state index contributed by atoms with van der Waals surface area (Å²) in [6, 6.07) is 14.8. The normalized spacial score (nSPS) is 22.9. The van der Waals surface area contributed by atoms with E-state index in [-0.39, 0.29) is 17.8 Å². The maximum Gasteiger partial charge on any atom is 0.328 e. The predicted molar refractivity (Wildman–Crippen MR) is 125 cm³/mol. The average molecular weight is 493 g/mol. The van der Waals surface area contributed by atoms with Gasteiger partial charge in [0.05, 0.1) is 9.09 Å². The lowest BCUT2D eigenvalue weighted by atomic mass is 10.1. The zero-order valence-corrected chi connectivity index (χ0v) is 20.7. The first-order chi connectivity index (χ1) is 15.4. The van der Waals surface area contributed by atoms with Gasteiger partial charge in [-0.25, -0.2) is 9.52 Å². The molecule has 4 rings (SSSR count). The van der Waals surface area contributed by atoms with Gasteiger partial charge < -0.3 is 9.26 Å². The lowest BCUT2D eigenvalue weighted by molar-refractivity contribution is -0.158. The van der Waals surface area contributed by atoms with Crippen molar-refractivity contribution in [1.29, 1.82) is 0 Å². The Kier molecular flexibility index (Phi) is 6.18. The van der Waals surface area contributed by atoms with Crippen molar-refractivity contribution in [1.82, 2.24) is 9.88 Å². The van der Waals surface area contributed by atoms with E-state index >= 15 is 0 Å². The summed E-state index contributed by atoms with van der Waals surface area (Å²) < 4.78 is 41.8. The summed E-state index contributed by atoms with van der Waals surface area (Å²) in [5.41, 5.74) is -0.0460. The third kappa shape index (κ3) is 4.85. The second-order valence-corrected chi connectivity index (χ2v) is 11.5. The van der Waals surface area contributed by atoms with E-state index in [0.717, 1.165) is 16.7 Å². The molecule has 5 nitrogen and oxygen atoms in total. The molecule has 1 unspecified atom stereocenters. The third-order valence-electron chi connectivity index (χ3n) is 5.59. The molecule has 33 heavy (non-hydrogen) atoms. The van der Waals surface area contributed by atoms with Crippen molar-refractivity contribution in [2.24, 2.45) is 5.92 Å². The number of ether oxygens (including phenoxy) is 1. The quantitative estimate of drug-likeness (QED) is 0.295. The Hall–Kier alpha value is -2.23. The number of carbonyl (C=O) groups is 1. The second-order valence-electron chi connectivity index (χ2n) is 9.34. The minimum Gasteiger partial charge on any atom is -0.459 e. The molecule has 1 saturated carbocycles. The number of nitrogens with zero attached hydrogens (tertiary/aromatic N) is 1. The van der Waals surface area contributed by atoms with Gasteiger partial charge in [-0.2, -0.15) is 8.78 Å². The fraction of sp³-hybridized carbons (Fsp3) is 0.417. The van der Waals surface area contributed by atoms with E-state index in [9.17, 15) is 13.6 Å². The molecule has 2 aromatic heterocycles. The molecule has 1 N–H and O–H groups in total. The van der Waals surface area contributed by atoms with Crippen molar-refractivity contribution in [2.75, 3.05) is 0 Å². The van der Waals surface area contributed by atoms with E-state index in [2.05, 4.69) is 9.88 Å². The van der Waals surface area contributed by atoms with Crippen LogP contribution in [0.25, 0.3) is 10.6 Å². The first kappa shape index (κ1) is 23.9. The number of hydrogen-bond donors (Lipinski definition) is 1. The van der Waals surface area contributed by atoms with Crippen LogP contribution in [0, 0.1) is 5.92 Å². The predicted octanol–water partition coefficient (Wildman–Crippen LogP) is 6.63. The molecule has 1 aliphatic carbocycles. The van der Waals surface area contributed by atoms with Gasteiger partial charge in [-0.05, 0) is 56.3 Å². The zero-order valence-electron chi connectivity index (χ0n) is 19.0. The Balaban J connectivity index is 1.54. The van der Waals surface area contributed by atoms with Gasteiger partial charge >= 0.3 is 11.9 Å². The average Bonchev–Trinajstić information content (AvgIpc) is 3.14. The highest BCUT2D eigenvalue weighted by Gasteiger charge is 2.69. The van der Waals surface area contributed by atoms with Crippen LogP contribution in [-0.2, 0) is 15.5 Å². The topological polar surface area (TPSA) is 64.4 Å². The molecule has 1 aromatic carbocycles. The number of halogens is 2. The lowest BCUT2D eigenvalue weighted by Crippen LogP contribution is -2.43. The molecule has 9 heteroatoms. The van der Waals surface area contributed by atoms with E-state index in [4.69, 9.17) is 9.26 Å². The highest BCUT2D eigenvalue weighted by molar-refractivity contribution is 7.99. The fourth-order valence-corrected chi connectivity index (χ4v) is 5.94. The molecule has 0 radical (unpaired) electrons. The number of rotatable bonds is 7. The van der Waals surface area contributed by atoms with Crippen LogP contribution in [0.1, 0.15) is 51.9 Å². The summed E-state index contributed by atoms with van der Waals surface area (Å²) in [6.45, 7) is 8.37. The molecule has 3 atom stereocenters. The molecule has 0 spiro atoms. The maximum absolute atomic E-state index is 13.5. The number of carbonyl (C=O) groups excluding carboxylic acids is 1. The molecular weight excluding hydrogens is 466 g/mol. The number of hydrogen-bond acceptors (Lipinski definition) is 7. The summed E-state index contributed by atoms with van der Waals surface area (Å²) in [6.07, 6.45) is 0. The second kappa shape index (κ2) is 8.52. The van der Waals surface area contributed by atoms with Gasteiger partial charge in [0, 0.05) is 18.9 Å². The molecule has 1 fully saturated rings. The molecule has 0 amide bonds. The van der Waals surface area contributed by atoms with Crippen LogP contribution in [-0.4, -0.2) is 22.3 Å². The highest BCUT2D eigenvalue weighted by Crippen LogP contribution is 2.59. The van der Waals surface area contributed by atoms with Gasteiger partial charge in [-0.1, -0.05) is 42.4 Å². The molecule has 3 aromatic rings. The Labute approximate surface area is 200 Å². The summed E-state index contributed by atoms with van der Waals surface area (Å²) in [5.74, 6) is -3.83. The minimum absolute atomic E-state index is 0.0228. The SMILES string of the molecule is CC1[C@H](c2ccccc2)[C@]1(NSc1ccc(-c2cc(C(C)(F)F)on2)s1)C(=O)OC(C)(C)C. The zero-order chi connectivity index (χ0) is 24.0. The smallest absolute Gasteiger partial charge is 0.328 e. The van der Waals surface area contributed by atoms with Crippen molar-refractivity contribution in [3.63, 3.8) is 0 Å². The summed E-state index contributed by atoms with van der Waals surface area (Å²) in [7, 11) is 0. The van der Waals surface area contributed by atoms with Gasteiger partial charge in [0.15, 0.2) is 0 Å². The number of benzene rings is 1. The van der Waals surface area contributed by atoms with Crippen molar-refractivity contribution in [3.8, 4) is 10.6 Å². The lowest BCUT2D eigenvalue weighted by Gasteiger charge is -2.25. The van der Waals surface area contributed by atoms with Crippen LogP contribution >= 0.6 is 23.3 Å². The first-order valence-corrected chi connectivity index (χ1v) is 12.2. The van der Waals surface area contributed by atoms with E-state index in [1.54, 1.807) is 6.07 Å². The van der Waals surface area contributed by atoms with Gasteiger partial charge in [-0.3, -0.25) is 0 Å². The Morgan fingerprint density at radius 1 is 1.18 bits per heavy atom. The van der Waals surface area contributed by atoms with Crippen LogP contribution in [0.2, 0.25) is 0 Å². The van der Waals surface area contributed by atoms with E-state index < -0.39 is 22.8 Å². The minimum atomic E-state index is -3.09. The van der Waals surface area contributed by atoms with Crippen molar-refractivity contribution in [3.05, 3.63) is 59.9 Å².